The molecule has 0 spiro atoms. The van der Waals surface area contributed by atoms with Crippen molar-refractivity contribution < 1.29 is 4.39 Å². The summed E-state index contributed by atoms with van der Waals surface area (Å²) in [7, 11) is 1.90. The van der Waals surface area contributed by atoms with E-state index in [9.17, 15) is 4.39 Å². The Bertz CT molecular complexity index is 545. The van der Waals surface area contributed by atoms with Gasteiger partial charge in [0.05, 0.1) is 6.04 Å². The van der Waals surface area contributed by atoms with Crippen LogP contribution in [0.15, 0.2) is 28.7 Å². The van der Waals surface area contributed by atoms with Crippen LogP contribution in [-0.2, 0) is 0 Å². The van der Waals surface area contributed by atoms with Crippen molar-refractivity contribution >= 4 is 27.3 Å². The maximum absolute atomic E-state index is 13.4. The van der Waals surface area contributed by atoms with Crippen molar-refractivity contribution in [3.8, 4) is 0 Å². The zero-order chi connectivity index (χ0) is 13.3. The number of halogens is 2. The molecule has 0 amide bonds. The molecule has 2 rings (SSSR count). The van der Waals surface area contributed by atoms with Gasteiger partial charge in [-0.3, -0.25) is 0 Å². The molecule has 0 fully saturated rings. The topological polar surface area (TPSA) is 12.0 Å². The van der Waals surface area contributed by atoms with E-state index >= 15 is 0 Å². The number of nitrogens with one attached hydrogen (secondary N) is 1. The number of thiophene rings is 1. The summed E-state index contributed by atoms with van der Waals surface area (Å²) in [5.74, 6) is -0.191. The molecule has 1 aromatic carbocycles. The zero-order valence-corrected chi connectivity index (χ0v) is 13.0. The van der Waals surface area contributed by atoms with Gasteiger partial charge in [-0.25, -0.2) is 4.39 Å². The van der Waals surface area contributed by atoms with Crippen LogP contribution in [0.25, 0.3) is 0 Å². The minimum Gasteiger partial charge on any atom is -0.309 e. The SMILES string of the molecule is CNC(c1cc(Br)c(C)s1)c1cc(F)ccc1C. The van der Waals surface area contributed by atoms with Crippen LogP contribution >= 0.6 is 27.3 Å². The molecule has 0 aliphatic heterocycles. The lowest BCUT2D eigenvalue weighted by atomic mass is 10.00. The third-order valence-electron chi connectivity index (χ3n) is 3.00. The maximum atomic E-state index is 13.4. The first-order valence-corrected chi connectivity index (χ1v) is 7.33. The van der Waals surface area contributed by atoms with E-state index in [1.165, 1.54) is 15.8 Å². The fraction of sp³-hybridized carbons (Fsp3) is 0.286. The molecule has 1 aromatic heterocycles. The third-order valence-corrected chi connectivity index (χ3v) is 5.20. The minimum atomic E-state index is -0.191. The van der Waals surface area contributed by atoms with E-state index in [2.05, 4.69) is 34.2 Å². The highest BCUT2D eigenvalue weighted by Crippen LogP contribution is 2.34. The first-order valence-electron chi connectivity index (χ1n) is 5.72. The van der Waals surface area contributed by atoms with Gasteiger partial charge in [0.1, 0.15) is 5.82 Å². The van der Waals surface area contributed by atoms with E-state index in [0.717, 1.165) is 15.6 Å². The summed E-state index contributed by atoms with van der Waals surface area (Å²) in [5, 5.41) is 3.27. The lowest BCUT2D eigenvalue weighted by molar-refractivity contribution is 0.616. The van der Waals surface area contributed by atoms with Crippen LogP contribution < -0.4 is 5.32 Å². The van der Waals surface area contributed by atoms with Gasteiger partial charge in [-0.15, -0.1) is 11.3 Å². The molecule has 1 N–H and O–H groups in total. The minimum absolute atomic E-state index is 0.0377. The van der Waals surface area contributed by atoms with Crippen LogP contribution in [-0.4, -0.2) is 7.05 Å². The van der Waals surface area contributed by atoms with Crippen molar-refractivity contribution in [1.29, 1.82) is 0 Å². The van der Waals surface area contributed by atoms with Crippen LogP contribution in [0.1, 0.15) is 26.9 Å². The summed E-state index contributed by atoms with van der Waals surface area (Å²) < 4.78 is 14.5. The summed E-state index contributed by atoms with van der Waals surface area (Å²) >= 11 is 5.25. The number of hydrogen-bond donors (Lipinski definition) is 1. The van der Waals surface area contributed by atoms with Crippen molar-refractivity contribution in [1.82, 2.24) is 5.32 Å². The highest BCUT2D eigenvalue weighted by molar-refractivity contribution is 9.10. The summed E-state index contributed by atoms with van der Waals surface area (Å²) in [6.45, 7) is 4.08. The molecular formula is C14H15BrFNS. The molecule has 4 heteroatoms. The van der Waals surface area contributed by atoms with Gasteiger partial charge in [-0.2, -0.15) is 0 Å². The van der Waals surface area contributed by atoms with E-state index in [1.54, 1.807) is 17.4 Å². The van der Waals surface area contributed by atoms with Gasteiger partial charge in [-0.1, -0.05) is 6.07 Å². The van der Waals surface area contributed by atoms with Crippen molar-refractivity contribution in [2.24, 2.45) is 0 Å². The Morgan fingerprint density at radius 3 is 2.56 bits per heavy atom. The Morgan fingerprint density at radius 1 is 1.28 bits per heavy atom. The second kappa shape index (κ2) is 5.51. The molecule has 2 aromatic rings. The Balaban J connectivity index is 2.48. The number of hydrogen-bond acceptors (Lipinski definition) is 2. The van der Waals surface area contributed by atoms with Crippen LogP contribution in [0, 0.1) is 19.7 Å². The highest BCUT2D eigenvalue weighted by Gasteiger charge is 2.18. The number of rotatable bonds is 3. The largest absolute Gasteiger partial charge is 0.309 e. The van der Waals surface area contributed by atoms with Crippen molar-refractivity contribution in [2.45, 2.75) is 19.9 Å². The third kappa shape index (κ3) is 2.66. The van der Waals surface area contributed by atoms with Gasteiger partial charge >= 0.3 is 0 Å². The predicted octanol–water partition coefficient (Wildman–Crippen LogP) is 4.58. The maximum Gasteiger partial charge on any atom is 0.123 e. The van der Waals surface area contributed by atoms with Crippen molar-refractivity contribution in [3.63, 3.8) is 0 Å². The van der Waals surface area contributed by atoms with Crippen LogP contribution in [0.3, 0.4) is 0 Å². The van der Waals surface area contributed by atoms with Gasteiger partial charge < -0.3 is 5.32 Å². The van der Waals surface area contributed by atoms with Gasteiger partial charge in [0.25, 0.3) is 0 Å². The highest BCUT2D eigenvalue weighted by atomic mass is 79.9. The molecule has 96 valence electrons. The molecule has 0 aliphatic rings. The second-order valence-electron chi connectivity index (χ2n) is 4.28. The molecule has 1 unspecified atom stereocenters. The Kier molecular flexibility index (Phi) is 4.20. The fourth-order valence-corrected chi connectivity index (χ4v) is 3.69. The van der Waals surface area contributed by atoms with Crippen molar-refractivity contribution in [2.75, 3.05) is 7.05 Å². The summed E-state index contributed by atoms with van der Waals surface area (Å²) in [5.41, 5.74) is 2.09. The molecule has 1 atom stereocenters. The quantitative estimate of drug-likeness (QED) is 0.870. The smallest absolute Gasteiger partial charge is 0.123 e. The summed E-state index contributed by atoms with van der Waals surface area (Å²) in [4.78, 5) is 2.43. The Morgan fingerprint density at radius 2 is 2.00 bits per heavy atom. The molecular weight excluding hydrogens is 313 g/mol. The standard InChI is InChI=1S/C14H15BrFNS/c1-8-4-5-10(16)6-11(8)14(17-3)13-7-12(15)9(2)18-13/h4-7,14,17H,1-3H3. The van der Waals surface area contributed by atoms with Gasteiger partial charge in [0.2, 0.25) is 0 Å². The van der Waals surface area contributed by atoms with E-state index in [-0.39, 0.29) is 11.9 Å². The molecule has 0 radical (unpaired) electrons. The lowest BCUT2D eigenvalue weighted by Gasteiger charge is -2.17. The number of benzene rings is 1. The van der Waals surface area contributed by atoms with E-state index in [1.807, 2.05) is 20.0 Å². The molecule has 1 nitrogen and oxygen atoms in total. The Hall–Kier alpha value is -0.710. The summed E-state index contributed by atoms with van der Waals surface area (Å²) in [6, 6.07) is 7.08. The average Bonchev–Trinajstić information content (AvgIpc) is 2.65. The molecule has 0 saturated carbocycles. The van der Waals surface area contributed by atoms with Gasteiger partial charge in [-0.05, 0) is 66.2 Å². The normalized spacial score (nSPS) is 12.7. The van der Waals surface area contributed by atoms with Gasteiger partial charge in [0.15, 0.2) is 0 Å². The van der Waals surface area contributed by atoms with Crippen LogP contribution in [0.5, 0.6) is 0 Å². The lowest BCUT2D eigenvalue weighted by Crippen LogP contribution is -2.17. The van der Waals surface area contributed by atoms with Gasteiger partial charge in [0, 0.05) is 14.2 Å². The molecule has 0 saturated heterocycles. The zero-order valence-electron chi connectivity index (χ0n) is 10.6. The first-order chi connectivity index (χ1) is 8.52. The molecule has 18 heavy (non-hydrogen) atoms. The van der Waals surface area contributed by atoms with Crippen LogP contribution in [0.2, 0.25) is 0 Å². The first kappa shape index (κ1) is 13.7. The van der Waals surface area contributed by atoms with E-state index in [4.69, 9.17) is 0 Å². The number of aryl methyl sites for hydroxylation is 2. The molecule has 0 aliphatic carbocycles. The second-order valence-corrected chi connectivity index (χ2v) is 6.42. The molecule has 1 heterocycles. The fourth-order valence-electron chi connectivity index (χ4n) is 2.00. The van der Waals surface area contributed by atoms with Crippen molar-refractivity contribution in [3.05, 3.63) is 55.4 Å². The predicted molar refractivity (Wildman–Crippen MR) is 78.8 cm³/mol. The Labute approximate surface area is 119 Å². The molecule has 0 bridgehead atoms. The summed E-state index contributed by atoms with van der Waals surface area (Å²) in [6.07, 6.45) is 0. The van der Waals surface area contributed by atoms with Crippen LogP contribution in [0.4, 0.5) is 4.39 Å². The average molecular weight is 328 g/mol. The van der Waals surface area contributed by atoms with E-state index < -0.39 is 0 Å². The monoisotopic (exact) mass is 327 g/mol. The van der Waals surface area contributed by atoms with E-state index in [0.29, 0.717) is 0 Å².